The van der Waals surface area contributed by atoms with Gasteiger partial charge in [0.25, 0.3) is 0 Å². The van der Waals surface area contributed by atoms with Crippen molar-refractivity contribution in [1.29, 1.82) is 0 Å². The first-order valence-corrected chi connectivity index (χ1v) is 8.75. The molecule has 0 unspecified atom stereocenters. The number of hydrogen-bond donors (Lipinski definition) is 0. The van der Waals surface area contributed by atoms with Gasteiger partial charge in [-0.25, -0.2) is 4.39 Å². The number of ether oxygens (including phenoxy) is 2. The molecule has 0 N–H and O–H groups in total. The van der Waals surface area contributed by atoms with Crippen molar-refractivity contribution in [3.63, 3.8) is 0 Å². The number of benzene rings is 2. The first kappa shape index (κ1) is 20.1. The Morgan fingerprint density at radius 3 is 2.50 bits per heavy atom. The van der Waals surface area contributed by atoms with Gasteiger partial charge in [0, 0.05) is 24.1 Å². The number of hydrogen-bond acceptors (Lipinski definition) is 3. The van der Waals surface area contributed by atoms with Gasteiger partial charge < -0.3 is 9.47 Å². The van der Waals surface area contributed by atoms with E-state index in [0.29, 0.717) is 41.3 Å². The van der Waals surface area contributed by atoms with E-state index in [1.54, 1.807) is 31.4 Å². The molecule has 0 fully saturated rings. The highest BCUT2D eigenvalue weighted by molar-refractivity contribution is 6.31. The molecule has 5 heteroatoms. The fraction of sp³-hybridized carbons (Fsp3) is 0.286. The van der Waals surface area contributed by atoms with Crippen molar-refractivity contribution in [3.05, 3.63) is 76.1 Å². The van der Waals surface area contributed by atoms with E-state index < -0.39 is 0 Å². The van der Waals surface area contributed by atoms with Crippen LogP contribution < -0.4 is 4.74 Å². The van der Waals surface area contributed by atoms with Crippen LogP contribution in [0.4, 0.5) is 4.39 Å². The Morgan fingerprint density at radius 2 is 1.92 bits per heavy atom. The largest absolute Gasteiger partial charge is 0.489 e. The van der Waals surface area contributed by atoms with Crippen LogP contribution in [0.1, 0.15) is 34.8 Å². The summed E-state index contributed by atoms with van der Waals surface area (Å²) in [6.45, 7) is 2.54. The molecule has 3 nitrogen and oxygen atoms in total. The Balaban J connectivity index is 1.99. The van der Waals surface area contributed by atoms with Crippen molar-refractivity contribution in [2.24, 2.45) is 0 Å². The van der Waals surface area contributed by atoms with Gasteiger partial charge in [0.1, 0.15) is 12.4 Å². The number of methoxy groups -OCH3 is 1. The summed E-state index contributed by atoms with van der Waals surface area (Å²) in [6.07, 6.45) is 1.38. The van der Waals surface area contributed by atoms with Crippen LogP contribution in [-0.4, -0.2) is 19.5 Å². The summed E-state index contributed by atoms with van der Waals surface area (Å²) in [5.41, 5.74) is 2.89. The molecule has 0 radical (unpaired) electrons. The van der Waals surface area contributed by atoms with Crippen molar-refractivity contribution in [1.82, 2.24) is 0 Å². The molecule has 0 atom stereocenters. The molecule has 0 amide bonds. The van der Waals surface area contributed by atoms with Crippen LogP contribution in [0.5, 0.6) is 5.75 Å². The lowest BCUT2D eigenvalue weighted by atomic mass is 10.0. The second-order valence-corrected chi connectivity index (χ2v) is 6.30. The average Bonchev–Trinajstić information content (AvgIpc) is 2.65. The van der Waals surface area contributed by atoms with E-state index in [-0.39, 0.29) is 18.8 Å². The molecule has 0 saturated heterocycles. The van der Waals surface area contributed by atoms with Gasteiger partial charge in [0.05, 0.1) is 12.9 Å². The maximum atomic E-state index is 12.5. The third kappa shape index (κ3) is 5.68. The third-order valence-corrected chi connectivity index (χ3v) is 4.34. The fourth-order valence-corrected chi connectivity index (χ4v) is 2.66. The Hall–Kier alpha value is -2.17. The van der Waals surface area contributed by atoms with Gasteiger partial charge in [0.2, 0.25) is 0 Å². The van der Waals surface area contributed by atoms with Crippen molar-refractivity contribution < 1.29 is 18.7 Å². The molecule has 0 aliphatic rings. The predicted octanol–water partition coefficient (Wildman–Crippen LogP) is 5.55. The zero-order chi connectivity index (χ0) is 18.9. The minimum atomic E-state index is -0.0316. The molecule has 0 spiro atoms. The van der Waals surface area contributed by atoms with E-state index in [0.717, 1.165) is 11.1 Å². The van der Waals surface area contributed by atoms with Crippen LogP contribution in [-0.2, 0) is 17.8 Å². The number of rotatable bonds is 9. The number of ketones is 1. The molecule has 2 aromatic rings. The quantitative estimate of drug-likeness (QED) is 0.538. The highest BCUT2D eigenvalue weighted by Gasteiger charge is 2.11. The fourth-order valence-electron chi connectivity index (χ4n) is 2.39. The molecule has 26 heavy (non-hydrogen) atoms. The van der Waals surface area contributed by atoms with Crippen molar-refractivity contribution >= 4 is 17.4 Å². The van der Waals surface area contributed by atoms with Crippen LogP contribution in [0.25, 0.3) is 0 Å². The van der Waals surface area contributed by atoms with Gasteiger partial charge in [-0.3, -0.25) is 4.79 Å². The molecule has 0 aliphatic carbocycles. The number of carbonyl (C=O) groups excluding carboxylic acids is 1. The lowest BCUT2D eigenvalue weighted by Crippen LogP contribution is -2.05. The van der Waals surface area contributed by atoms with E-state index in [9.17, 15) is 9.18 Å². The van der Waals surface area contributed by atoms with Gasteiger partial charge in [-0.2, -0.15) is 0 Å². The molecule has 0 aliphatic heterocycles. The standard InChI is InChI=1S/C21H22ClFO3/c1-3-15(12-23)14-26-19-8-6-17(7-9-19)21(24)11-18-5-4-16(13-25-2)10-20(18)22/h4-10,12H,3,11,13-14H2,1-2H3. The maximum Gasteiger partial charge on any atom is 0.167 e. The van der Waals surface area contributed by atoms with Gasteiger partial charge in [0.15, 0.2) is 5.78 Å². The predicted molar refractivity (Wildman–Crippen MR) is 102 cm³/mol. The Labute approximate surface area is 158 Å². The summed E-state index contributed by atoms with van der Waals surface area (Å²) >= 11 is 6.26. The smallest absolute Gasteiger partial charge is 0.167 e. The van der Waals surface area contributed by atoms with Crippen molar-refractivity contribution in [3.8, 4) is 5.75 Å². The number of halogens is 2. The molecule has 2 rings (SSSR count). The average molecular weight is 377 g/mol. The molecule has 2 aromatic carbocycles. The van der Waals surface area contributed by atoms with Gasteiger partial charge in [-0.15, -0.1) is 0 Å². The second-order valence-electron chi connectivity index (χ2n) is 5.89. The highest BCUT2D eigenvalue weighted by atomic mass is 35.5. The van der Waals surface area contributed by atoms with Crippen LogP contribution in [0.15, 0.2) is 54.4 Å². The molecular formula is C21H22ClFO3. The molecule has 0 heterocycles. The summed E-state index contributed by atoms with van der Waals surface area (Å²) in [7, 11) is 1.62. The monoisotopic (exact) mass is 376 g/mol. The number of carbonyl (C=O) groups is 1. The lowest BCUT2D eigenvalue weighted by Gasteiger charge is -2.09. The summed E-state index contributed by atoms with van der Waals surface area (Å²) in [5.74, 6) is 0.562. The first-order valence-electron chi connectivity index (χ1n) is 8.37. The van der Waals surface area contributed by atoms with Crippen LogP contribution in [0, 0.1) is 0 Å². The zero-order valence-corrected chi connectivity index (χ0v) is 15.7. The van der Waals surface area contributed by atoms with Gasteiger partial charge >= 0.3 is 0 Å². The van der Waals surface area contributed by atoms with E-state index >= 15 is 0 Å². The minimum Gasteiger partial charge on any atom is -0.489 e. The first-order chi connectivity index (χ1) is 12.6. The molecule has 138 valence electrons. The molecular weight excluding hydrogens is 355 g/mol. The summed E-state index contributed by atoms with van der Waals surface area (Å²) in [4.78, 5) is 12.5. The molecule has 0 aromatic heterocycles. The lowest BCUT2D eigenvalue weighted by molar-refractivity contribution is 0.0993. The zero-order valence-electron chi connectivity index (χ0n) is 14.9. The Bertz CT molecular complexity index is 769. The van der Waals surface area contributed by atoms with Crippen molar-refractivity contribution in [2.45, 2.75) is 26.4 Å². The van der Waals surface area contributed by atoms with Crippen LogP contribution in [0.2, 0.25) is 5.02 Å². The van der Waals surface area contributed by atoms with E-state index in [1.807, 2.05) is 25.1 Å². The number of Topliss-reactive ketones (excluding diaryl/α,β-unsaturated/α-hetero) is 1. The van der Waals surface area contributed by atoms with Crippen LogP contribution >= 0.6 is 11.6 Å². The minimum absolute atomic E-state index is 0.0316. The summed E-state index contributed by atoms with van der Waals surface area (Å²) in [5, 5.41) is 0.554. The SMILES string of the molecule is CCC(=CF)COc1ccc(C(=O)Cc2ccc(COC)cc2Cl)cc1. The topological polar surface area (TPSA) is 35.5 Å². The van der Waals surface area contributed by atoms with Crippen molar-refractivity contribution in [2.75, 3.05) is 13.7 Å². The van der Waals surface area contributed by atoms with E-state index in [2.05, 4.69) is 0 Å². The summed E-state index contributed by atoms with van der Waals surface area (Å²) in [6, 6.07) is 12.4. The molecule has 0 saturated carbocycles. The second kappa shape index (κ2) is 10.1. The van der Waals surface area contributed by atoms with Crippen LogP contribution in [0.3, 0.4) is 0 Å². The molecule has 0 bridgehead atoms. The van der Waals surface area contributed by atoms with E-state index in [4.69, 9.17) is 21.1 Å². The van der Waals surface area contributed by atoms with Gasteiger partial charge in [-0.05, 0) is 53.5 Å². The maximum absolute atomic E-state index is 12.5. The Kier molecular flexibility index (Phi) is 7.82. The third-order valence-electron chi connectivity index (χ3n) is 3.99. The normalized spacial score (nSPS) is 11.5. The van der Waals surface area contributed by atoms with Gasteiger partial charge in [-0.1, -0.05) is 30.7 Å². The van der Waals surface area contributed by atoms with E-state index in [1.165, 1.54) is 0 Å². The summed E-state index contributed by atoms with van der Waals surface area (Å²) < 4.78 is 23.1. The Morgan fingerprint density at radius 1 is 1.19 bits per heavy atom. The highest BCUT2D eigenvalue weighted by Crippen LogP contribution is 2.21.